The van der Waals surface area contributed by atoms with Gasteiger partial charge in [0.2, 0.25) is 0 Å². The van der Waals surface area contributed by atoms with E-state index in [1.165, 1.54) is 97.0 Å². The minimum Gasteiger partial charge on any atom is -0.469 e. The summed E-state index contributed by atoms with van der Waals surface area (Å²) in [6.07, 6.45) is 24.6. The molecule has 7 nitrogen and oxygen atoms in total. The van der Waals surface area contributed by atoms with Gasteiger partial charge in [-0.2, -0.15) is 0 Å². The Morgan fingerprint density at radius 3 is 1.76 bits per heavy atom. The first-order chi connectivity index (χ1) is 18.6. The van der Waals surface area contributed by atoms with Gasteiger partial charge in [-0.1, -0.05) is 110 Å². The molecule has 0 amide bonds. The van der Waals surface area contributed by atoms with Crippen molar-refractivity contribution in [1.29, 1.82) is 0 Å². The second-order valence-corrected chi connectivity index (χ2v) is 10.7. The Morgan fingerprint density at radius 1 is 0.763 bits per heavy atom. The van der Waals surface area contributed by atoms with E-state index in [4.69, 9.17) is 15.2 Å². The van der Waals surface area contributed by atoms with Gasteiger partial charge in [0, 0.05) is 13.0 Å². The van der Waals surface area contributed by atoms with Gasteiger partial charge in [-0.25, -0.2) is 0 Å². The Hall–Kier alpha value is -1.47. The maximum absolute atomic E-state index is 12.6. The molecule has 0 aliphatic carbocycles. The molecule has 0 aromatic rings. The highest BCUT2D eigenvalue weighted by Gasteiger charge is 2.22. The number of methoxy groups -OCH3 is 1. The van der Waals surface area contributed by atoms with Gasteiger partial charge >= 0.3 is 11.9 Å². The molecule has 0 bridgehead atoms. The van der Waals surface area contributed by atoms with Crippen LogP contribution in [0.25, 0.3) is 0 Å². The standard InChI is InChI=1S/C31H60N2O5/c1-3-4-5-6-7-8-9-10-11-12-13-14-15-16-17-20-25-38-31(36)28(22-23-30(35)37-2)26-33-29(27-34)21-18-19-24-32/h27-29,33H,3-26,32H2,1-2H3/t28?,29-/m0/s1. The van der Waals surface area contributed by atoms with Crippen molar-refractivity contribution in [2.24, 2.45) is 11.7 Å². The minimum atomic E-state index is -0.480. The lowest BCUT2D eigenvalue weighted by molar-refractivity contribution is -0.149. The molecule has 0 saturated carbocycles. The van der Waals surface area contributed by atoms with Crippen LogP contribution in [0.15, 0.2) is 0 Å². The van der Waals surface area contributed by atoms with E-state index in [2.05, 4.69) is 12.2 Å². The van der Waals surface area contributed by atoms with E-state index in [-0.39, 0.29) is 24.4 Å². The fraction of sp³-hybridized carbons (Fsp3) is 0.903. The molecule has 7 heteroatoms. The summed E-state index contributed by atoms with van der Waals surface area (Å²) >= 11 is 0. The molecule has 1 unspecified atom stereocenters. The van der Waals surface area contributed by atoms with Crippen LogP contribution in [0.2, 0.25) is 0 Å². The SMILES string of the molecule is CCCCCCCCCCCCCCCCCCOC(=O)C(CCC(=O)OC)CN[C@H](C=O)CCCCN. The summed E-state index contributed by atoms with van der Waals surface area (Å²) in [5.74, 6) is -1.14. The predicted octanol–water partition coefficient (Wildman–Crippen LogP) is 6.65. The van der Waals surface area contributed by atoms with E-state index >= 15 is 0 Å². The first kappa shape index (κ1) is 36.5. The molecular weight excluding hydrogens is 480 g/mol. The fourth-order valence-electron chi connectivity index (χ4n) is 4.66. The van der Waals surface area contributed by atoms with Crippen molar-refractivity contribution in [2.45, 2.75) is 148 Å². The Kier molecular flexibility index (Phi) is 27.4. The normalized spacial score (nSPS) is 12.7. The summed E-state index contributed by atoms with van der Waals surface area (Å²) < 4.78 is 10.2. The van der Waals surface area contributed by atoms with Crippen LogP contribution in [0.3, 0.4) is 0 Å². The highest BCUT2D eigenvalue weighted by molar-refractivity contribution is 5.74. The molecule has 0 heterocycles. The number of unbranched alkanes of at least 4 members (excludes halogenated alkanes) is 16. The van der Waals surface area contributed by atoms with Crippen molar-refractivity contribution >= 4 is 18.2 Å². The first-order valence-electron chi connectivity index (χ1n) is 15.7. The number of nitrogens with one attached hydrogen (secondary N) is 1. The summed E-state index contributed by atoms with van der Waals surface area (Å²) in [5, 5.41) is 3.15. The number of rotatable bonds is 29. The van der Waals surface area contributed by atoms with Crippen LogP contribution in [0.1, 0.15) is 142 Å². The van der Waals surface area contributed by atoms with Gasteiger partial charge in [0.25, 0.3) is 0 Å². The van der Waals surface area contributed by atoms with Crippen LogP contribution in [0.4, 0.5) is 0 Å². The molecule has 3 N–H and O–H groups in total. The van der Waals surface area contributed by atoms with Gasteiger partial charge in [-0.3, -0.25) is 9.59 Å². The molecule has 0 aromatic heterocycles. The summed E-state index contributed by atoms with van der Waals surface area (Å²) in [6.45, 7) is 3.57. The molecule has 0 rings (SSSR count). The molecule has 224 valence electrons. The van der Waals surface area contributed by atoms with E-state index < -0.39 is 5.92 Å². The maximum atomic E-state index is 12.6. The lowest BCUT2D eigenvalue weighted by Gasteiger charge is -2.19. The zero-order valence-electron chi connectivity index (χ0n) is 24.8. The van der Waals surface area contributed by atoms with Crippen molar-refractivity contribution in [3.63, 3.8) is 0 Å². The molecule has 0 aliphatic heterocycles. The van der Waals surface area contributed by atoms with Crippen molar-refractivity contribution in [3.05, 3.63) is 0 Å². The van der Waals surface area contributed by atoms with Crippen LogP contribution in [-0.4, -0.2) is 51.1 Å². The quantitative estimate of drug-likeness (QED) is 0.0621. The zero-order chi connectivity index (χ0) is 28.1. The van der Waals surface area contributed by atoms with Crippen LogP contribution in [-0.2, 0) is 23.9 Å². The van der Waals surface area contributed by atoms with E-state index in [1.807, 2.05) is 0 Å². The predicted molar refractivity (Wildman–Crippen MR) is 156 cm³/mol. The highest BCUT2D eigenvalue weighted by Crippen LogP contribution is 2.14. The van der Waals surface area contributed by atoms with Crippen molar-refractivity contribution in [1.82, 2.24) is 5.32 Å². The monoisotopic (exact) mass is 540 g/mol. The average molecular weight is 541 g/mol. The Bertz CT molecular complexity index is 558. The second kappa shape index (κ2) is 28.5. The van der Waals surface area contributed by atoms with Gasteiger partial charge in [0.15, 0.2) is 0 Å². The molecular formula is C31H60N2O5. The van der Waals surface area contributed by atoms with Gasteiger partial charge in [0.05, 0.1) is 25.7 Å². The molecule has 0 aromatic carbocycles. The zero-order valence-corrected chi connectivity index (χ0v) is 24.8. The van der Waals surface area contributed by atoms with Crippen LogP contribution in [0.5, 0.6) is 0 Å². The minimum absolute atomic E-state index is 0.149. The molecule has 0 spiro atoms. The summed E-state index contributed by atoms with van der Waals surface area (Å²) in [7, 11) is 1.34. The lowest BCUT2D eigenvalue weighted by Crippen LogP contribution is -2.38. The van der Waals surface area contributed by atoms with E-state index in [9.17, 15) is 14.4 Å². The largest absolute Gasteiger partial charge is 0.469 e. The number of hydrogen-bond donors (Lipinski definition) is 2. The van der Waals surface area contributed by atoms with E-state index in [0.29, 0.717) is 32.5 Å². The van der Waals surface area contributed by atoms with Crippen molar-refractivity contribution in [2.75, 3.05) is 26.8 Å². The number of nitrogens with two attached hydrogens (primary N) is 1. The third-order valence-electron chi connectivity index (χ3n) is 7.26. The maximum Gasteiger partial charge on any atom is 0.310 e. The molecule has 38 heavy (non-hydrogen) atoms. The summed E-state index contributed by atoms with van der Waals surface area (Å²) in [5.41, 5.74) is 5.52. The Labute approximate surface area is 233 Å². The van der Waals surface area contributed by atoms with Gasteiger partial charge in [0.1, 0.15) is 6.29 Å². The van der Waals surface area contributed by atoms with E-state index in [0.717, 1.165) is 32.0 Å². The third kappa shape index (κ3) is 23.6. The van der Waals surface area contributed by atoms with Crippen molar-refractivity contribution in [3.8, 4) is 0 Å². The second-order valence-electron chi connectivity index (χ2n) is 10.7. The van der Waals surface area contributed by atoms with Gasteiger partial charge in [-0.05, 0) is 32.2 Å². The molecule has 0 saturated heterocycles. The van der Waals surface area contributed by atoms with Gasteiger partial charge < -0.3 is 25.3 Å². The summed E-state index contributed by atoms with van der Waals surface area (Å²) in [4.78, 5) is 35.6. The number of esters is 2. The molecule has 0 aliphatic rings. The average Bonchev–Trinajstić information content (AvgIpc) is 2.93. The Balaban J connectivity index is 3.91. The topological polar surface area (TPSA) is 108 Å². The number of aldehydes is 1. The van der Waals surface area contributed by atoms with Crippen molar-refractivity contribution < 1.29 is 23.9 Å². The van der Waals surface area contributed by atoms with Crippen LogP contribution < -0.4 is 11.1 Å². The Morgan fingerprint density at radius 2 is 1.29 bits per heavy atom. The number of carbonyl (C=O) groups is 3. The highest BCUT2D eigenvalue weighted by atomic mass is 16.5. The lowest BCUT2D eigenvalue weighted by atomic mass is 10.0. The molecule has 0 radical (unpaired) electrons. The van der Waals surface area contributed by atoms with Gasteiger partial charge in [-0.15, -0.1) is 0 Å². The smallest absolute Gasteiger partial charge is 0.310 e. The van der Waals surface area contributed by atoms with E-state index in [1.54, 1.807) is 0 Å². The molecule has 2 atom stereocenters. The fourth-order valence-corrected chi connectivity index (χ4v) is 4.66. The number of carbonyl (C=O) groups excluding carboxylic acids is 3. The molecule has 0 fully saturated rings. The number of ether oxygens (including phenoxy) is 2. The van der Waals surface area contributed by atoms with Crippen LogP contribution in [0, 0.1) is 5.92 Å². The number of hydrogen-bond acceptors (Lipinski definition) is 7. The summed E-state index contributed by atoms with van der Waals surface area (Å²) in [6, 6.07) is -0.324. The third-order valence-corrected chi connectivity index (χ3v) is 7.26. The first-order valence-corrected chi connectivity index (χ1v) is 15.7. The van der Waals surface area contributed by atoms with Crippen LogP contribution >= 0.6 is 0 Å².